The Balaban J connectivity index is 1.59. The minimum absolute atomic E-state index is 0.0571. The highest BCUT2D eigenvalue weighted by Crippen LogP contribution is 2.25. The number of carboxylic acid groups (broad SMARTS) is 1. The lowest BCUT2D eigenvalue weighted by atomic mass is 10.1. The second-order valence-electron chi connectivity index (χ2n) is 9.70. The minimum Gasteiger partial charge on any atom is -0.493 e. The molecule has 3 aromatic carbocycles. The summed E-state index contributed by atoms with van der Waals surface area (Å²) in [6.45, 7) is 4.61. The number of aliphatic carboxylic acids is 1. The lowest BCUT2D eigenvalue weighted by molar-refractivity contribution is -0.385. The maximum absolute atomic E-state index is 13.1. The third-order valence-electron chi connectivity index (χ3n) is 6.39. The molecule has 0 bridgehead atoms. The lowest BCUT2D eigenvalue weighted by Gasteiger charge is -2.22. The number of unbranched alkanes of at least 4 members (excludes halogenated alkanes) is 1. The van der Waals surface area contributed by atoms with Crippen LogP contribution in [0.25, 0.3) is 0 Å². The average Bonchev–Trinajstić information content (AvgIpc) is 2.97. The van der Waals surface area contributed by atoms with E-state index in [0.717, 1.165) is 5.56 Å². The Morgan fingerprint density at radius 3 is 2.20 bits per heavy atom. The largest absolute Gasteiger partial charge is 0.493 e. The van der Waals surface area contributed by atoms with Crippen LogP contribution in [0.3, 0.4) is 0 Å². The van der Waals surface area contributed by atoms with Gasteiger partial charge in [-0.25, -0.2) is 9.59 Å². The maximum Gasteiger partial charge on any atom is 0.415 e. The predicted molar refractivity (Wildman–Crippen MR) is 165 cm³/mol. The first kappa shape index (κ1) is 34.4. The van der Waals surface area contributed by atoms with Gasteiger partial charge in [-0.2, -0.15) is 0 Å². The molecule has 0 aliphatic heterocycles. The summed E-state index contributed by atoms with van der Waals surface area (Å²) in [7, 11) is 0. The minimum atomic E-state index is -1.03. The number of carboxylic acids is 1. The fourth-order valence-electron chi connectivity index (χ4n) is 4.14. The van der Waals surface area contributed by atoms with E-state index in [1.807, 2.05) is 0 Å². The first-order valence-electron chi connectivity index (χ1n) is 13.9. The molecule has 236 valence electrons. The van der Waals surface area contributed by atoms with Gasteiger partial charge in [0.1, 0.15) is 23.9 Å². The van der Waals surface area contributed by atoms with Crippen molar-refractivity contribution in [2.45, 2.75) is 39.2 Å². The zero-order valence-corrected chi connectivity index (χ0v) is 25.9. The van der Waals surface area contributed by atoms with Gasteiger partial charge in [0.05, 0.1) is 24.1 Å². The zero-order valence-electron chi connectivity index (χ0n) is 24.4. The fourth-order valence-corrected chi connectivity index (χ4v) is 4.65. The monoisotopic (exact) mass is 648 g/mol. The quantitative estimate of drug-likeness (QED) is 0.0933. The Hall–Kier alpha value is -4.06. The molecule has 1 amide bonds. The molecular weight excluding hydrogens is 615 g/mol. The number of aryl methyl sites for hydroxylation is 1. The number of rotatable bonds is 17. The summed E-state index contributed by atoms with van der Waals surface area (Å²) in [6.07, 6.45) is -0.230. The smallest absolute Gasteiger partial charge is 0.415 e. The van der Waals surface area contributed by atoms with Gasteiger partial charge >= 0.3 is 12.1 Å². The van der Waals surface area contributed by atoms with E-state index in [0.29, 0.717) is 59.7 Å². The number of ether oxygens (including phenoxy) is 4. The lowest BCUT2D eigenvalue weighted by Crippen LogP contribution is -2.37. The van der Waals surface area contributed by atoms with Crippen LogP contribution >= 0.6 is 23.2 Å². The molecule has 0 aromatic heterocycles. The molecule has 0 fully saturated rings. The Bertz CT molecular complexity index is 1400. The van der Waals surface area contributed by atoms with Gasteiger partial charge in [-0.1, -0.05) is 35.3 Å². The van der Waals surface area contributed by atoms with Crippen molar-refractivity contribution in [1.29, 1.82) is 0 Å². The molecule has 0 spiro atoms. The van der Waals surface area contributed by atoms with Crippen LogP contribution < -0.4 is 14.2 Å². The van der Waals surface area contributed by atoms with Crippen molar-refractivity contribution in [1.82, 2.24) is 4.90 Å². The van der Waals surface area contributed by atoms with Gasteiger partial charge in [-0.3, -0.25) is 10.1 Å². The average molecular weight is 650 g/mol. The number of carbonyl (C=O) groups is 2. The van der Waals surface area contributed by atoms with Gasteiger partial charge in [0.25, 0.3) is 5.69 Å². The number of hydrogen-bond donors (Lipinski definition) is 1. The van der Waals surface area contributed by atoms with Crippen molar-refractivity contribution in [3.63, 3.8) is 0 Å². The van der Waals surface area contributed by atoms with E-state index in [4.69, 9.17) is 42.1 Å². The van der Waals surface area contributed by atoms with E-state index >= 15 is 0 Å². The third-order valence-corrected chi connectivity index (χ3v) is 6.82. The molecule has 1 atom stereocenters. The van der Waals surface area contributed by atoms with E-state index in [9.17, 15) is 24.8 Å². The van der Waals surface area contributed by atoms with Gasteiger partial charge in [0, 0.05) is 35.2 Å². The molecule has 0 heterocycles. The van der Waals surface area contributed by atoms with Crippen molar-refractivity contribution >= 4 is 41.0 Å². The highest BCUT2D eigenvalue weighted by Gasteiger charge is 2.20. The highest BCUT2D eigenvalue weighted by molar-refractivity contribution is 6.34. The van der Waals surface area contributed by atoms with Crippen molar-refractivity contribution in [2.24, 2.45) is 0 Å². The Morgan fingerprint density at radius 1 is 0.909 bits per heavy atom. The third kappa shape index (κ3) is 11.2. The second kappa shape index (κ2) is 17.3. The second-order valence-corrected chi connectivity index (χ2v) is 10.6. The molecule has 1 N–H and O–H groups in total. The summed E-state index contributed by atoms with van der Waals surface area (Å²) in [5.41, 5.74) is 1.07. The molecule has 44 heavy (non-hydrogen) atoms. The molecule has 0 aliphatic rings. The normalized spacial score (nSPS) is 11.5. The number of nitro groups is 1. The molecule has 0 saturated heterocycles. The Labute approximate surface area is 265 Å². The molecule has 11 nitrogen and oxygen atoms in total. The SMILES string of the molecule is CCOC(Cc1ccc(OCCN(CCCCOc2cc(Cl)cc(Cl)c2)C(=O)Oc2ccc(C)c([N+](=O)[O-])c2)cc1)C(=O)O. The molecule has 0 radical (unpaired) electrons. The molecular formula is C31H34Cl2N2O9. The van der Waals surface area contributed by atoms with Gasteiger partial charge in [0.15, 0.2) is 6.10 Å². The zero-order chi connectivity index (χ0) is 32.1. The first-order valence-corrected chi connectivity index (χ1v) is 14.7. The van der Waals surface area contributed by atoms with E-state index in [1.165, 1.54) is 23.1 Å². The van der Waals surface area contributed by atoms with Crippen LogP contribution in [0.1, 0.15) is 30.9 Å². The summed E-state index contributed by atoms with van der Waals surface area (Å²) in [5, 5.41) is 21.5. The topological polar surface area (TPSA) is 138 Å². The Kier molecular flexibility index (Phi) is 13.5. The summed E-state index contributed by atoms with van der Waals surface area (Å²) < 4.78 is 22.3. The number of nitrogens with zero attached hydrogens (tertiary/aromatic N) is 2. The molecule has 3 rings (SSSR count). The molecule has 0 saturated carbocycles. The molecule has 13 heteroatoms. The number of carbonyl (C=O) groups excluding carboxylic acids is 1. The van der Waals surface area contributed by atoms with Crippen LogP contribution in [0.4, 0.5) is 10.5 Å². The standard InChI is InChI=1S/C31H34Cl2N2O9/c1-3-41-29(30(36)37)16-22-7-10-25(11-8-22)43-15-13-34(12-4-5-14-42-27-18-23(32)17-24(33)19-27)31(38)44-26-9-6-21(2)28(20-26)35(39)40/h6-11,17-20,29H,3-5,12-16H2,1-2H3,(H,36,37). The van der Waals surface area contributed by atoms with Crippen molar-refractivity contribution in [3.05, 3.63) is 92.0 Å². The number of halogens is 2. The molecule has 0 aliphatic carbocycles. The van der Waals surface area contributed by atoms with Crippen LogP contribution in [-0.2, 0) is 16.0 Å². The van der Waals surface area contributed by atoms with Gasteiger partial charge in [-0.05, 0) is 74.7 Å². The maximum atomic E-state index is 13.1. The summed E-state index contributed by atoms with van der Waals surface area (Å²) in [5.74, 6) is 0.102. The van der Waals surface area contributed by atoms with E-state index in [2.05, 4.69) is 0 Å². The van der Waals surface area contributed by atoms with Crippen molar-refractivity contribution in [2.75, 3.05) is 32.9 Å². The highest BCUT2D eigenvalue weighted by atomic mass is 35.5. The van der Waals surface area contributed by atoms with Crippen molar-refractivity contribution < 1.29 is 38.6 Å². The predicted octanol–water partition coefficient (Wildman–Crippen LogP) is 6.98. The van der Waals surface area contributed by atoms with Crippen molar-refractivity contribution in [3.8, 4) is 17.2 Å². The van der Waals surface area contributed by atoms with Crippen LogP contribution in [-0.4, -0.2) is 66.0 Å². The summed E-state index contributed by atoms with van der Waals surface area (Å²) in [4.78, 5) is 36.7. The van der Waals surface area contributed by atoms with Gasteiger partial charge < -0.3 is 29.0 Å². The molecule has 3 aromatic rings. The van der Waals surface area contributed by atoms with Crippen LogP contribution in [0.15, 0.2) is 60.7 Å². The summed E-state index contributed by atoms with van der Waals surface area (Å²) in [6, 6.07) is 16.1. The fraction of sp³-hybridized carbons (Fsp3) is 0.355. The van der Waals surface area contributed by atoms with Gasteiger partial charge in [0.2, 0.25) is 0 Å². The Morgan fingerprint density at radius 2 is 1.57 bits per heavy atom. The van der Waals surface area contributed by atoms with Crippen LogP contribution in [0.5, 0.6) is 17.2 Å². The number of amides is 1. The van der Waals surface area contributed by atoms with E-state index in [-0.39, 0.29) is 31.0 Å². The van der Waals surface area contributed by atoms with E-state index in [1.54, 1.807) is 56.3 Å². The summed E-state index contributed by atoms with van der Waals surface area (Å²) >= 11 is 12.0. The number of benzene rings is 3. The molecule has 1 unspecified atom stereocenters. The van der Waals surface area contributed by atoms with Gasteiger partial charge in [-0.15, -0.1) is 0 Å². The first-order chi connectivity index (χ1) is 21.0. The number of hydrogen-bond acceptors (Lipinski definition) is 8. The van der Waals surface area contributed by atoms with Crippen LogP contribution in [0, 0.1) is 17.0 Å². The van der Waals surface area contributed by atoms with E-state index < -0.39 is 23.1 Å². The van der Waals surface area contributed by atoms with Crippen LogP contribution in [0.2, 0.25) is 10.0 Å². The number of nitro benzene ring substituents is 1.